The minimum absolute atomic E-state index is 0.290. The smallest absolute Gasteiger partial charge is 0.232 e. The van der Waals surface area contributed by atoms with Gasteiger partial charge in [-0.3, -0.25) is 0 Å². The number of halogens is 1. The first-order valence-electron chi connectivity index (χ1n) is 4.97. The van der Waals surface area contributed by atoms with Crippen molar-refractivity contribution in [2.75, 3.05) is 0 Å². The summed E-state index contributed by atoms with van der Waals surface area (Å²) in [7, 11) is 0. The van der Waals surface area contributed by atoms with Gasteiger partial charge in [0.05, 0.1) is 10.7 Å². The van der Waals surface area contributed by atoms with Crippen LogP contribution in [-0.4, -0.2) is 4.98 Å². The van der Waals surface area contributed by atoms with Crippen LogP contribution in [-0.2, 0) is 6.61 Å². The topological polar surface area (TPSA) is 35.3 Å². The Morgan fingerprint density at radius 2 is 2.06 bits per heavy atom. The maximum absolute atomic E-state index is 5.95. The molecule has 0 aliphatic heterocycles. The fourth-order valence-electron chi connectivity index (χ4n) is 1.30. The van der Waals surface area contributed by atoms with Crippen molar-refractivity contribution in [2.24, 2.45) is 0 Å². The van der Waals surface area contributed by atoms with Crippen molar-refractivity contribution >= 4 is 11.6 Å². The zero-order valence-corrected chi connectivity index (χ0v) is 9.91. The number of nitrogens with zero attached hydrogens (tertiary/aromatic N) is 1. The Morgan fingerprint density at radius 1 is 1.31 bits per heavy atom. The average Bonchev–Trinajstić information content (AvgIpc) is 2.57. The predicted octanol–water partition coefficient (Wildman–Crippen LogP) is 3.52. The van der Waals surface area contributed by atoms with Gasteiger partial charge >= 0.3 is 0 Å². The summed E-state index contributed by atoms with van der Waals surface area (Å²) in [6.07, 6.45) is 0. The van der Waals surface area contributed by atoms with Gasteiger partial charge in [-0.15, -0.1) is 0 Å². The van der Waals surface area contributed by atoms with Crippen LogP contribution in [0.1, 0.15) is 17.3 Å². The van der Waals surface area contributed by atoms with Gasteiger partial charge in [-0.2, -0.15) is 0 Å². The molecule has 0 saturated carbocycles. The molecule has 0 spiro atoms. The normalized spacial score (nSPS) is 10.4. The molecule has 3 nitrogen and oxygen atoms in total. The fourth-order valence-corrected chi connectivity index (χ4v) is 1.49. The zero-order chi connectivity index (χ0) is 11.5. The van der Waals surface area contributed by atoms with E-state index < -0.39 is 0 Å². The summed E-state index contributed by atoms with van der Waals surface area (Å²) in [4.78, 5) is 4.22. The highest BCUT2D eigenvalue weighted by molar-refractivity contribution is 6.32. The first-order chi connectivity index (χ1) is 7.66. The second-order valence-electron chi connectivity index (χ2n) is 3.47. The molecule has 0 atom stereocenters. The Hall–Kier alpha value is -1.48. The van der Waals surface area contributed by atoms with Gasteiger partial charge in [0.1, 0.15) is 11.5 Å². The first kappa shape index (κ1) is 11.0. The second-order valence-corrected chi connectivity index (χ2v) is 3.88. The third kappa shape index (κ3) is 2.36. The molecular formula is C12H12ClNO2. The number of rotatable bonds is 3. The number of aromatic nitrogens is 1. The van der Waals surface area contributed by atoms with Crippen molar-refractivity contribution in [1.29, 1.82) is 0 Å². The molecule has 0 N–H and O–H groups in total. The molecule has 1 heterocycles. The maximum atomic E-state index is 5.95. The number of hydrogen-bond donors (Lipinski definition) is 0. The summed E-state index contributed by atoms with van der Waals surface area (Å²) < 4.78 is 10.9. The number of aryl methyl sites for hydroxylation is 2. The summed E-state index contributed by atoms with van der Waals surface area (Å²) in [5.41, 5.74) is 0.887. The van der Waals surface area contributed by atoms with E-state index in [0.29, 0.717) is 23.3 Å². The van der Waals surface area contributed by atoms with Gasteiger partial charge in [0.15, 0.2) is 6.61 Å². The van der Waals surface area contributed by atoms with Crippen LogP contribution < -0.4 is 4.74 Å². The molecule has 16 heavy (non-hydrogen) atoms. The van der Waals surface area contributed by atoms with Crippen molar-refractivity contribution in [3.05, 3.63) is 46.6 Å². The molecule has 4 heteroatoms. The molecule has 2 aromatic rings. The van der Waals surface area contributed by atoms with E-state index in [4.69, 9.17) is 20.8 Å². The second kappa shape index (κ2) is 4.58. The fraction of sp³-hybridized carbons (Fsp3) is 0.250. The average molecular weight is 238 g/mol. The predicted molar refractivity (Wildman–Crippen MR) is 61.8 cm³/mol. The Kier molecular flexibility index (Phi) is 3.15. The van der Waals surface area contributed by atoms with Gasteiger partial charge in [0.25, 0.3) is 0 Å². The van der Waals surface area contributed by atoms with E-state index in [-0.39, 0.29) is 0 Å². The van der Waals surface area contributed by atoms with Crippen molar-refractivity contribution in [3.63, 3.8) is 0 Å². The highest BCUT2D eigenvalue weighted by Gasteiger charge is 2.07. The van der Waals surface area contributed by atoms with Crippen molar-refractivity contribution in [2.45, 2.75) is 20.5 Å². The van der Waals surface area contributed by atoms with Crippen LogP contribution >= 0.6 is 11.6 Å². The van der Waals surface area contributed by atoms with Crippen LogP contribution in [0, 0.1) is 13.8 Å². The zero-order valence-electron chi connectivity index (χ0n) is 9.16. The molecule has 1 aromatic heterocycles. The minimum Gasteiger partial charge on any atom is -0.482 e. The van der Waals surface area contributed by atoms with Gasteiger partial charge in [-0.25, -0.2) is 4.98 Å². The maximum Gasteiger partial charge on any atom is 0.232 e. The lowest BCUT2D eigenvalue weighted by atomic mass is 10.3. The molecule has 0 amide bonds. The van der Waals surface area contributed by atoms with E-state index in [1.54, 1.807) is 6.07 Å². The lowest BCUT2D eigenvalue weighted by molar-refractivity contribution is 0.260. The Balaban J connectivity index is 2.05. The first-order valence-corrected chi connectivity index (χ1v) is 5.35. The highest BCUT2D eigenvalue weighted by atomic mass is 35.5. The minimum atomic E-state index is 0.290. The lowest BCUT2D eigenvalue weighted by Crippen LogP contribution is -1.96. The van der Waals surface area contributed by atoms with Crippen molar-refractivity contribution in [3.8, 4) is 5.75 Å². The Labute approximate surface area is 99.0 Å². The van der Waals surface area contributed by atoms with Crippen molar-refractivity contribution in [1.82, 2.24) is 4.98 Å². The van der Waals surface area contributed by atoms with Crippen LogP contribution in [0.3, 0.4) is 0 Å². The number of para-hydroxylation sites is 1. The summed E-state index contributed by atoms with van der Waals surface area (Å²) in [6, 6.07) is 7.32. The van der Waals surface area contributed by atoms with Crippen LogP contribution in [0.25, 0.3) is 0 Å². The van der Waals surface area contributed by atoms with Crippen LogP contribution in [0.4, 0.5) is 0 Å². The summed E-state index contributed by atoms with van der Waals surface area (Å²) in [5, 5.41) is 0.586. The highest BCUT2D eigenvalue weighted by Crippen LogP contribution is 2.24. The number of oxazole rings is 1. The Bertz CT molecular complexity index is 474. The molecule has 2 rings (SSSR count). The molecule has 0 aliphatic carbocycles. The molecule has 0 aliphatic rings. The molecule has 84 valence electrons. The SMILES string of the molecule is Cc1nc(COc2ccccc2Cl)oc1C. The van der Waals surface area contributed by atoms with Crippen LogP contribution in [0.15, 0.2) is 28.7 Å². The van der Waals surface area contributed by atoms with E-state index in [1.165, 1.54) is 0 Å². The van der Waals surface area contributed by atoms with Crippen LogP contribution in [0.5, 0.6) is 5.75 Å². The molecule has 0 bridgehead atoms. The number of ether oxygens (including phenoxy) is 1. The molecule has 0 radical (unpaired) electrons. The van der Waals surface area contributed by atoms with Gasteiger partial charge < -0.3 is 9.15 Å². The number of benzene rings is 1. The van der Waals surface area contributed by atoms with Gasteiger partial charge in [-0.1, -0.05) is 23.7 Å². The molecule has 0 unspecified atom stereocenters. The van der Waals surface area contributed by atoms with E-state index in [0.717, 1.165) is 11.5 Å². The van der Waals surface area contributed by atoms with E-state index in [2.05, 4.69) is 4.98 Å². The standard InChI is InChI=1S/C12H12ClNO2/c1-8-9(2)16-12(14-8)7-15-11-6-4-3-5-10(11)13/h3-6H,7H2,1-2H3. The third-order valence-corrected chi connectivity index (χ3v) is 2.57. The monoisotopic (exact) mass is 237 g/mol. The van der Waals surface area contributed by atoms with Crippen molar-refractivity contribution < 1.29 is 9.15 Å². The lowest BCUT2D eigenvalue weighted by Gasteiger charge is -2.04. The summed E-state index contributed by atoms with van der Waals surface area (Å²) >= 11 is 5.95. The number of hydrogen-bond acceptors (Lipinski definition) is 3. The van der Waals surface area contributed by atoms with Gasteiger partial charge in [-0.05, 0) is 26.0 Å². The molecule has 1 aromatic carbocycles. The summed E-state index contributed by atoms with van der Waals surface area (Å²) in [5.74, 6) is 2.02. The molecule has 0 saturated heterocycles. The third-order valence-electron chi connectivity index (χ3n) is 2.26. The van der Waals surface area contributed by atoms with Gasteiger partial charge in [0, 0.05) is 0 Å². The van der Waals surface area contributed by atoms with E-state index in [1.807, 2.05) is 32.0 Å². The molecule has 0 fully saturated rings. The Morgan fingerprint density at radius 3 is 2.69 bits per heavy atom. The van der Waals surface area contributed by atoms with E-state index in [9.17, 15) is 0 Å². The molecular weight excluding hydrogens is 226 g/mol. The van der Waals surface area contributed by atoms with E-state index >= 15 is 0 Å². The van der Waals surface area contributed by atoms with Crippen LogP contribution in [0.2, 0.25) is 5.02 Å². The summed E-state index contributed by atoms with van der Waals surface area (Å²) in [6.45, 7) is 4.07. The van der Waals surface area contributed by atoms with Gasteiger partial charge in [0.2, 0.25) is 5.89 Å². The quantitative estimate of drug-likeness (QED) is 0.819. The largest absolute Gasteiger partial charge is 0.482 e.